The first-order valence-electron chi connectivity index (χ1n) is 10.6. The van der Waals surface area contributed by atoms with Crippen LogP contribution in [0.3, 0.4) is 0 Å². The fraction of sp³-hybridized carbons (Fsp3) is 0.409. The van der Waals surface area contributed by atoms with Crippen LogP contribution in [0.25, 0.3) is 0 Å². The third-order valence-electron chi connectivity index (χ3n) is 5.24. The first-order chi connectivity index (χ1) is 15.5. The second-order valence-corrected chi connectivity index (χ2v) is 9.31. The van der Waals surface area contributed by atoms with Gasteiger partial charge in [0.1, 0.15) is 0 Å². The maximum absolute atomic E-state index is 12.7. The van der Waals surface area contributed by atoms with Gasteiger partial charge in [-0.1, -0.05) is 6.07 Å². The van der Waals surface area contributed by atoms with Gasteiger partial charge in [0.2, 0.25) is 10.0 Å². The van der Waals surface area contributed by atoms with Crippen molar-refractivity contribution in [3.8, 4) is 11.5 Å². The Morgan fingerprint density at radius 1 is 0.969 bits per heavy atom. The summed E-state index contributed by atoms with van der Waals surface area (Å²) in [5, 5.41) is 2.79. The molecule has 0 atom stereocenters. The van der Waals surface area contributed by atoms with Gasteiger partial charge in [-0.15, -0.1) is 0 Å². The zero-order chi connectivity index (χ0) is 22.4. The molecule has 172 valence electrons. The molecule has 2 aliphatic heterocycles. The number of hydrogen-bond acceptors (Lipinski definition) is 7. The smallest absolute Gasteiger partial charge is 0.255 e. The minimum atomic E-state index is -3.73. The van der Waals surface area contributed by atoms with E-state index in [1.807, 2.05) is 0 Å². The van der Waals surface area contributed by atoms with E-state index < -0.39 is 15.9 Å². The van der Waals surface area contributed by atoms with E-state index in [1.54, 1.807) is 30.3 Å². The summed E-state index contributed by atoms with van der Waals surface area (Å²) in [5.41, 5.74) is 0.782. The van der Waals surface area contributed by atoms with Crippen molar-refractivity contribution in [3.05, 3.63) is 48.0 Å². The molecular weight excluding hydrogens is 434 g/mol. The number of rotatable bonds is 7. The van der Waals surface area contributed by atoms with Crippen molar-refractivity contribution in [1.82, 2.24) is 9.62 Å². The molecule has 1 saturated heterocycles. The lowest BCUT2D eigenvalue weighted by Crippen LogP contribution is -2.41. The molecule has 2 aromatic rings. The summed E-state index contributed by atoms with van der Waals surface area (Å²) in [6.07, 6.45) is 0.790. The van der Waals surface area contributed by atoms with Gasteiger partial charge in [0, 0.05) is 49.9 Å². The Labute approximate surface area is 187 Å². The molecule has 0 unspecified atom stereocenters. The Hall–Kier alpha value is -2.66. The highest BCUT2D eigenvalue weighted by Crippen LogP contribution is 2.32. The van der Waals surface area contributed by atoms with Crippen molar-refractivity contribution in [2.45, 2.75) is 11.3 Å². The van der Waals surface area contributed by atoms with Gasteiger partial charge >= 0.3 is 0 Å². The second-order valence-electron chi connectivity index (χ2n) is 7.55. The molecule has 4 rings (SSSR count). The maximum atomic E-state index is 12.7. The van der Waals surface area contributed by atoms with E-state index in [9.17, 15) is 13.2 Å². The van der Waals surface area contributed by atoms with E-state index in [4.69, 9.17) is 14.2 Å². The molecule has 0 bridgehead atoms. The molecule has 2 heterocycles. The van der Waals surface area contributed by atoms with E-state index in [2.05, 4.69) is 14.9 Å². The minimum absolute atomic E-state index is 0.0470. The number of hydrogen-bond donors (Lipinski definition) is 2. The molecule has 1 amide bonds. The highest BCUT2D eigenvalue weighted by Gasteiger charge is 2.18. The monoisotopic (exact) mass is 461 g/mol. The Morgan fingerprint density at radius 3 is 2.56 bits per heavy atom. The number of carbonyl (C=O) groups is 1. The predicted octanol–water partition coefficient (Wildman–Crippen LogP) is 1.71. The average molecular weight is 462 g/mol. The van der Waals surface area contributed by atoms with Crippen LogP contribution < -0.4 is 19.5 Å². The number of carbonyl (C=O) groups excluding carboxylic acids is 1. The molecule has 1 fully saturated rings. The third-order valence-corrected chi connectivity index (χ3v) is 6.69. The predicted molar refractivity (Wildman–Crippen MR) is 119 cm³/mol. The van der Waals surface area contributed by atoms with Crippen LogP contribution in [0.5, 0.6) is 11.5 Å². The topological polar surface area (TPSA) is 106 Å². The zero-order valence-electron chi connectivity index (χ0n) is 17.7. The number of sulfonamides is 1. The Bertz CT molecular complexity index is 1050. The maximum Gasteiger partial charge on any atom is 0.255 e. The van der Waals surface area contributed by atoms with Crippen molar-refractivity contribution in [3.63, 3.8) is 0 Å². The normalized spacial score (nSPS) is 16.9. The summed E-state index contributed by atoms with van der Waals surface area (Å²) in [4.78, 5) is 14.9. The molecule has 0 saturated carbocycles. The summed E-state index contributed by atoms with van der Waals surface area (Å²) in [5.74, 6) is 0.794. The molecule has 0 aliphatic carbocycles. The molecule has 2 aliphatic rings. The van der Waals surface area contributed by atoms with Crippen LogP contribution >= 0.6 is 0 Å². The van der Waals surface area contributed by atoms with Crippen LogP contribution in [0.15, 0.2) is 47.4 Å². The van der Waals surface area contributed by atoms with Gasteiger partial charge in [-0.2, -0.15) is 0 Å². The lowest BCUT2D eigenvalue weighted by atomic mass is 10.2. The van der Waals surface area contributed by atoms with E-state index >= 15 is 0 Å². The standard InChI is InChI=1S/C22H27N3O6S/c26-22(24-18-5-6-20-21(16-18)31-12-2-11-30-20)17-3-1-4-19(15-17)32(27,28)23-7-8-25-9-13-29-14-10-25/h1,3-6,15-16,23H,2,7-14H2,(H,24,26). The highest BCUT2D eigenvalue weighted by molar-refractivity contribution is 7.89. The number of nitrogens with zero attached hydrogens (tertiary/aromatic N) is 1. The third kappa shape index (κ3) is 5.77. The van der Waals surface area contributed by atoms with Crippen molar-refractivity contribution in [1.29, 1.82) is 0 Å². The highest BCUT2D eigenvalue weighted by atomic mass is 32.2. The van der Waals surface area contributed by atoms with Gasteiger partial charge in [0.25, 0.3) is 5.91 Å². The molecule has 2 aromatic carbocycles. The molecule has 32 heavy (non-hydrogen) atoms. The largest absolute Gasteiger partial charge is 0.490 e. The number of nitrogens with one attached hydrogen (secondary N) is 2. The summed E-state index contributed by atoms with van der Waals surface area (Å²) in [6, 6.07) is 11.1. The van der Waals surface area contributed by atoms with Gasteiger partial charge in [0.05, 0.1) is 31.3 Å². The van der Waals surface area contributed by atoms with Gasteiger partial charge in [0.15, 0.2) is 11.5 Å². The SMILES string of the molecule is O=C(Nc1ccc2c(c1)OCCCO2)c1cccc(S(=O)(=O)NCCN2CCOCC2)c1. The molecule has 0 radical (unpaired) electrons. The van der Waals surface area contributed by atoms with Crippen molar-refractivity contribution < 1.29 is 27.4 Å². The van der Waals surface area contributed by atoms with E-state index in [0.717, 1.165) is 19.5 Å². The minimum Gasteiger partial charge on any atom is -0.490 e. The van der Waals surface area contributed by atoms with E-state index in [1.165, 1.54) is 12.1 Å². The van der Waals surface area contributed by atoms with Crippen molar-refractivity contribution >= 4 is 21.6 Å². The van der Waals surface area contributed by atoms with Crippen LogP contribution in [0.4, 0.5) is 5.69 Å². The average Bonchev–Trinajstić information content (AvgIpc) is 3.05. The van der Waals surface area contributed by atoms with Crippen LogP contribution in [0.2, 0.25) is 0 Å². The zero-order valence-corrected chi connectivity index (χ0v) is 18.5. The molecular formula is C22H27N3O6S. The van der Waals surface area contributed by atoms with Gasteiger partial charge in [-0.3, -0.25) is 9.69 Å². The number of benzene rings is 2. The first-order valence-corrected chi connectivity index (χ1v) is 12.1. The lowest BCUT2D eigenvalue weighted by molar-refractivity contribution is 0.0390. The molecule has 10 heteroatoms. The van der Waals surface area contributed by atoms with Crippen LogP contribution in [0, 0.1) is 0 Å². The number of morpholine rings is 1. The molecule has 0 spiro atoms. The van der Waals surface area contributed by atoms with E-state index in [0.29, 0.717) is 50.2 Å². The fourth-order valence-corrected chi connectivity index (χ4v) is 4.56. The number of anilines is 1. The van der Waals surface area contributed by atoms with Crippen molar-refractivity contribution in [2.24, 2.45) is 0 Å². The first kappa shape index (κ1) is 22.5. The number of amides is 1. The van der Waals surface area contributed by atoms with Crippen LogP contribution in [-0.2, 0) is 14.8 Å². The second kappa shape index (κ2) is 10.3. The lowest BCUT2D eigenvalue weighted by Gasteiger charge is -2.26. The van der Waals surface area contributed by atoms with Gasteiger partial charge in [-0.25, -0.2) is 13.1 Å². The molecule has 9 nitrogen and oxygen atoms in total. The van der Waals surface area contributed by atoms with Gasteiger partial charge < -0.3 is 19.5 Å². The Balaban J connectivity index is 1.39. The Morgan fingerprint density at radius 2 is 1.75 bits per heavy atom. The van der Waals surface area contributed by atoms with Crippen molar-refractivity contribution in [2.75, 3.05) is 57.9 Å². The molecule has 0 aromatic heterocycles. The fourth-order valence-electron chi connectivity index (χ4n) is 3.50. The summed E-state index contributed by atoms with van der Waals surface area (Å²) in [7, 11) is -3.73. The van der Waals surface area contributed by atoms with E-state index in [-0.39, 0.29) is 17.0 Å². The molecule has 2 N–H and O–H groups in total. The van der Waals surface area contributed by atoms with Crippen LogP contribution in [-0.4, -0.2) is 71.8 Å². The number of fused-ring (bicyclic) bond motifs is 1. The van der Waals surface area contributed by atoms with Crippen LogP contribution in [0.1, 0.15) is 16.8 Å². The Kier molecular flexibility index (Phi) is 7.26. The summed E-state index contributed by atoms with van der Waals surface area (Å²) < 4.78 is 44.5. The van der Waals surface area contributed by atoms with Gasteiger partial charge in [-0.05, 0) is 30.3 Å². The number of ether oxygens (including phenoxy) is 3. The quantitative estimate of drug-likeness (QED) is 0.647. The summed E-state index contributed by atoms with van der Waals surface area (Å²) >= 11 is 0. The summed E-state index contributed by atoms with van der Waals surface area (Å²) in [6.45, 7) is 4.92.